The topological polar surface area (TPSA) is 50.2 Å². The monoisotopic (exact) mass is 401 g/mol. The maximum absolute atomic E-state index is 12.2. The van der Waals surface area contributed by atoms with Crippen LogP contribution >= 0.6 is 23.2 Å². The van der Waals surface area contributed by atoms with Crippen molar-refractivity contribution >= 4 is 40.1 Å². The van der Waals surface area contributed by atoms with Crippen LogP contribution in [0.5, 0.6) is 0 Å². The van der Waals surface area contributed by atoms with Gasteiger partial charge in [0.25, 0.3) is 0 Å². The number of carboxylic acid groups (broad SMARTS) is 1. The zero-order valence-corrected chi connectivity index (χ0v) is 17.2. The predicted molar refractivity (Wildman–Crippen MR) is 112 cm³/mol. The number of pyridine rings is 1. The molecule has 2 aromatic carbocycles. The second-order valence-electron chi connectivity index (χ2n) is 7.27. The van der Waals surface area contributed by atoms with Crippen molar-refractivity contribution in [3.8, 4) is 11.1 Å². The molecule has 3 nitrogen and oxygen atoms in total. The van der Waals surface area contributed by atoms with E-state index in [1.54, 1.807) is 12.1 Å². The quantitative estimate of drug-likeness (QED) is 0.504. The average molecular weight is 402 g/mol. The smallest absolute Gasteiger partial charge is 0.338 e. The van der Waals surface area contributed by atoms with Crippen molar-refractivity contribution in [2.45, 2.75) is 39.5 Å². The number of halogens is 2. The van der Waals surface area contributed by atoms with E-state index in [0.29, 0.717) is 38.1 Å². The molecule has 0 atom stereocenters. The van der Waals surface area contributed by atoms with Crippen LogP contribution in [0.4, 0.5) is 0 Å². The van der Waals surface area contributed by atoms with E-state index in [1.807, 2.05) is 38.1 Å². The van der Waals surface area contributed by atoms with Crippen LogP contribution in [-0.2, 0) is 0 Å². The van der Waals surface area contributed by atoms with Crippen LogP contribution < -0.4 is 0 Å². The van der Waals surface area contributed by atoms with Gasteiger partial charge in [-0.3, -0.25) is 4.98 Å². The van der Waals surface area contributed by atoms with E-state index in [0.717, 1.165) is 11.1 Å². The molecule has 1 heterocycles. The van der Waals surface area contributed by atoms with Gasteiger partial charge in [0.15, 0.2) is 0 Å². The van der Waals surface area contributed by atoms with Gasteiger partial charge in [-0.2, -0.15) is 0 Å². The molecule has 0 aliphatic heterocycles. The Morgan fingerprint density at radius 2 is 1.74 bits per heavy atom. The van der Waals surface area contributed by atoms with Gasteiger partial charge in [0, 0.05) is 16.0 Å². The van der Waals surface area contributed by atoms with Gasteiger partial charge in [0.2, 0.25) is 0 Å². The van der Waals surface area contributed by atoms with Crippen LogP contribution in [0, 0.1) is 0 Å². The normalized spacial score (nSPS) is 11.6. The van der Waals surface area contributed by atoms with Crippen LogP contribution in [0.15, 0.2) is 36.4 Å². The number of hydrogen-bond acceptors (Lipinski definition) is 2. The highest BCUT2D eigenvalue weighted by Crippen LogP contribution is 2.40. The summed E-state index contributed by atoms with van der Waals surface area (Å²) in [6.45, 7) is 8.07. The van der Waals surface area contributed by atoms with Crippen molar-refractivity contribution in [2.75, 3.05) is 0 Å². The van der Waals surface area contributed by atoms with E-state index in [1.165, 1.54) is 0 Å². The number of rotatable bonds is 4. The lowest BCUT2D eigenvalue weighted by atomic mass is 9.89. The van der Waals surface area contributed by atoms with Gasteiger partial charge >= 0.3 is 5.97 Å². The van der Waals surface area contributed by atoms with Crippen molar-refractivity contribution in [1.82, 2.24) is 4.98 Å². The highest BCUT2D eigenvalue weighted by molar-refractivity contribution is 6.39. The molecule has 3 rings (SSSR count). The lowest BCUT2D eigenvalue weighted by Gasteiger charge is -2.18. The lowest BCUT2D eigenvalue weighted by Crippen LogP contribution is -2.10. The molecular formula is C22H21Cl2NO2. The largest absolute Gasteiger partial charge is 0.478 e. The van der Waals surface area contributed by atoms with Gasteiger partial charge in [0.05, 0.1) is 21.8 Å². The SMILES string of the molecule is CC(C)c1cccc(-c2c(C(=O)O)c(C(C)C)nc3c(Cl)cc(Cl)cc23)c1. The van der Waals surface area contributed by atoms with E-state index in [-0.39, 0.29) is 11.5 Å². The van der Waals surface area contributed by atoms with Gasteiger partial charge in [-0.25, -0.2) is 4.79 Å². The number of aromatic carboxylic acids is 1. The first-order valence-corrected chi connectivity index (χ1v) is 9.62. The molecule has 5 heteroatoms. The summed E-state index contributed by atoms with van der Waals surface area (Å²) in [5.74, 6) is -0.753. The minimum atomic E-state index is -1.01. The van der Waals surface area contributed by atoms with Crippen molar-refractivity contribution in [3.63, 3.8) is 0 Å². The molecule has 0 amide bonds. The van der Waals surface area contributed by atoms with Crippen LogP contribution in [0.25, 0.3) is 22.0 Å². The van der Waals surface area contributed by atoms with E-state index < -0.39 is 5.97 Å². The van der Waals surface area contributed by atoms with Gasteiger partial charge < -0.3 is 5.11 Å². The second-order valence-corrected chi connectivity index (χ2v) is 8.11. The number of benzene rings is 2. The summed E-state index contributed by atoms with van der Waals surface area (Å²) in [6.07, 6.45) is 0. The average Bonchev–Trinajstić information content (AvgIpc) is 2.59. The highest BCUT2D eigenvalue weighted by Gasteiger charge is 2.25. The predicted octanol–water partition coefficient (Wildman–Crippen LogP) is 7.15. The lowest BCUT2D eigenvalue weighted by molar-refractivity contribution is 0.0695. The molecule has 0 fully saturated rings. The summed E-state index contributed by atoms with van der Waals surface area (Å²) >= 11 is 12.7. The van der Waals surface area contributed by atoms with Crippen LogP contribution in [0.3, 0.4) is 0 Å². The van der Waals surface area contributed by atoms with Gasteiger partial charge in [0.1, 0.15) is 0 Å². The maximum atomic E-state index is 12.2. The second kappa shape index (κ2) is 7.49. The van der Waals surface area contributed by atoms with Crippen molar-refractivity contribution in [1.29, 1.82) is 0 Å². The molecule has 0 aliphatic rings. The Labute approximate surface area is 169 Å². The third kappa shape index (κ3) is 3.67. The number of carbonyl (C=O) groups is 1. The summed E-state index contributed by atoms with van der Waals surface area (Å²) < 4.78 is 0. The first kappa shape index (κ1) is 19.7. The Balaban J connectivity index is 2.53. The summed E-state index contributed by atoms with van der Waals surface area (Å²) in [5.41, 5.74) is 3.86. The third-order valence-electron chi connectivity index (χ3n) is 4.64. The van der Waals surface area contributed by atoms with Crippen molar-refractivity contribution < 1.29 is 9.90 Å². The van der Waals surface area contributed by atoms with Crippen LogP contribution in [0.1, 0.15) is 61.1 Å². The molecular weight excluding hydrogens is 381 g/mol. The summed E-state index contributed by atoms with van der Waals surface area (Å²) in [4.78, 5) is 16.9. The fourth-order valence-electron chi connectivity index (χ4n) is 3.30. The summed E-state index contributed by atoms with van der Waals surface area (Å²) in [7, 11) is 0. The molecule has 0 unspecified atom stereocenters. The molecule has 1 aromatic heterocycles. The van der Waals surface area contributed by atoms with Crippen molar-refractivity contribution in [2.24, 2.45) is 0 Å². The highest BCUT2D eigenvalue weighted by atomic mass is 35.5. The Hall–Kier alpha value is -2.10. The minimum absolute atomic E-state index is 0.0701. The molecule has 1 N–H and O–H groups in total. The van der Waals surface area contributed by atoms with Gasteiger partial charge in [-0.15, -0.1) is 0 Å². The number of fused-ring (bicyclic) bond motifs is 1. The number of hydrogen-bond donors (Lipinski definition) is 1. The van der Waals surface area contributed by atoms with Crippen molar-refractivity contribution in [3.05, 3.63) is 63.3 Å². The first-order chi connectivity index (χ1) is 12.7. The van der Waals surface area contributed by atoms with Crippen LogP contribution in [-0.4, -0.2) is 16.1 Å². The van der Waals surface area contributed by atoms with E-state index >= 15 is 0 Å². The van der Waals surface area contributed by atoms with E-state index in [9.17, 15) is 9.90 Å². The summed E-state index contributed by atoms with van der Waals surface area (Å²) in [6, 6.07) is 11.3. The maximum Gasteiger partial charge on any atom is 0.338 e. The van der Waals surface area contributed by atoms with E-state index in [4.69, 9.17) is 23.2 Å². The zero-order chi connectivity index (χ0) is 19.9. The minimum Gasteiger partial charge on any atom is -0.478 e. The molecule has 140 valence electrons. The van der Waals surface area contributed by atoms with E-state index in [2.05, 4.69) is 18.8 Å². The molecule has 0 radical (unpaired) electrons. The Kier molecular flexibility index (Phi) is 5.45. The number of carboxylic acids is 1. The van der Waals surface area contributed by atoms with Gasteiger partial charge in [-0.05, 0) is 35.1 Å². The Morgan fingerprint density at radius 1 is 1.04 bits per heavy atom. The number of aromatic nitrogens is 1. The molecule has 0 aliphatic carbocycles. The molecule has 0 spiro atoms. The fraction of sp³-hybridized carbons (Fsp3) is 0.273. The Bertz CT molecular complexity index is 1040. The standard InChI is InChI=1S/C22H21Cl2NO2/c1-11(2)13-6-5-7-14(8-13)18-16-9-15(23)10-17(24)21(16)25-20(12(3)4)19(18)22(26)27/h5-12H,1-4H3,(H,26,27). The molecule has 0 bridgehead atoms. The molecule has 27 heavy (non-hydrogen) atoms. The first-order valence-electron chi connectivity index (χ1n) is 8.87. The summed E-state index contributed by atoms with van der Waals surface area (Å²) in [5, 5.41) is 11.5. The zero-order valence-electron chi connectivity index (χ0n) is 15.7. The molecule has 0 saturated carbocycles. The number of nitrogens with zero attached hydrogens (tertiary/aromatic N) is 1. The molecule has 0 saturated heterocycles. The Morgan fingerprint density at radius 3 is 2.33 bits per heavy atom. The fourth-order valence-corrected chi connectivity index (χ4v) is 3.83. The van der Waals surface area contributed by atoms with Gasteiger partial charge in [-0.1, -0.05) is 75.2 Å². The third-order valence-corrected chi connectivity index (χ3v) is 5.14. The molecule has 3 aromatic rings. The van der Waals surface area contributed by atoms with Crippen LogP contribution in [0.2, 0.25) is 10.0 Å².